The molecule has 0 amide bonds. The van der Waals surface area contributed by atoms with Crippen LogP contribution in [0.15, 0.2) is 0 Å². The molecule has 6 nitrogen and oxygen atoms in total. The predicted molar refractivity (Wildman–Crippen MR) is 117 cm³/mol. The monoisotopic (exact) mass is 437 g/mol. The van der Waals surface area contributed by atoms with Gasteiger partial charge in [-0.1, -0.05) is 27.2 Å². The first-order chi connectivity index (χ1) is 14.9. The molecule has 178 valence electrons. The second-order valence-electron chi connectivity index (χ2n) is 11.7. The van der Waals surface area contributed by atoms with E-state index in [1.165, 1.54) is 12.8 Å². The van der Waals surface area contributed by atoms with Gasteiger partial charge < -0.3 is 14.9 Å². The second-order valence-corrected chi connectivity index (χ2v) is 11.7. The maximum Gasteiger partial charge on any atom is 0.101 e. The summed E-state index contributed by atoms with van der Waals surface area (Å²) in [6.45, 7) is 8.27. The van der Waals surface area contributed by atoms with Gasteiger partial charge in [-0.2, -0.15) is 5.48 Å². The molecule has 4 saturated carbocycles. The molecule has 1 saturated heterocycles. The number of nitrogens with one attached hydrogen (secondary N) is 1. The first-order valence-corrected chi connectivity index (χ1v) is 13.0. The van der Waals surface area contributed by atoms with Gasteiger partial charge in [0.05, 0.1) is 24.9 Å². The first-order valence-electron chi connectivity index (χ1n) is 13.0. The van der Waals surface area contributed by atoms with Crippen LogP contribution in [-0.2, 0) is 14.6 Å². The average Bonchev–Trinajstić information content (AvgIpc) is 3.34. The normalized spacial score (nSPS) is 51.4. The van der Waals surface area contributed by atoms with Crippen LogP contribution in [0.25, 0.3) is 0 Å². The number of hydrogen-bond donors (Lipinski definition) is 3. The fraction of sp³-hybridized carbons (Fsp3) is 1.00. The molecule has 5 rings (SSSR count). The Balaban J connectivity index is 1.25. The van der Waals surface area contributed by atoms with Crippen molar-refractivity contribution in [3.63, 3.8) is 0 Å². The van der Waals surface area contributed by atoms with Gasteiger partial charge in [0.15, 0.2) is 0 Å². The van der Waals surface area contributed by atoms with Crippen molar-refractivity contribution in [2.75, 3.05) is 13.2 Å². The van der Waals surface area contributed by atoms with E-state index in [9.17, 15) is 10.2 Å². The number of aliphatic hydroxyl groups is 2. The molecule has 0 aromatic heterocycles. The molecule has 4 aliphatic carbocycles. The largest absolute Gasteiger partial charge is 0.393 e. The van der Waals surface area contributed by atoms with Crippen LogP contribution in [0.3, 0.4) is 0 Å². The number of rotatable bonds is 8. The molecular formula is C25H43NO5. The molecule has 0 radical (unpaired) electrons. The van der Waals surface area contributed by atoms with Gasteiger partial charge in [0, 0.05) is 6.54 Å². The van der Waals surface area contributed by atoms with Gasteiger partial charge in [0.25, 0.3) is 0 Å². The van der Waals surface area contributed by atoms with Crippen molar-refractivity contribution in [2.45, 2.75) is 102 Å². The Hall–Kier alpha value is -0.240. The highest BCUT2D eigenvalue weighted by Crippen LogP contribution is 2.72. The van der Waals surface area contributed by atoms with E-state index in [2.05, 4.69) is 26.3 Å². The van der Waals surface area contributed by atoms with E-state index in [0.717, 1.165) is 51.5 Å². The summed E-state index contributed by atoms with van der Waals surface area (Å²) >= 11 is 0. The average molecular weight is 438 g/mol. The predicted octanol–water partition coefficient (Wildman–Crippen LogP) is 3.61. The SMILES string of the molecule is CCCCOONCC(C)C1CCC2C3C(O)CC4CC(O)CCC4(C)C3CC3OC312. The summed E-state index contributed by atoms with van der Waals surface area (Å²) in [5, 5.41) is 21.6. The van der Waals surface area contributed by atoms with Gasteiger partial charge in [-0.25, -0.2) is 4.89 Å². The number of fused-ring (bicyclic) bond motifs is 4. The zero-order valence-corrected chi connectivity index (χ0v) is 19.6. The lowest BCUT2D eigenvalue weighted by molar-refractivity contribution is -0.338. The topological polar surface area (TPSA) is 83.5 Å². The Morgan fingerprint density at radius 2 is 1.97 bits per heavy atom. The standard InChI is InChI=1S/C25H43NO5/c1-4-5-10-29-31-26-14-15(2)18-6-7-19-23-20(13-22-25(18,19)30-22)24(3)9-8-17(27)11-16(24)12-21(23)28/h15-23,26-28H,4-14H2,1-3H3. The molecule has 0 bridgehead atoms. The van der Waals surface area contributed by atoms with Crippen LogP contribution in [0.4, 0.5) is 0 Å². The molecule has 5 fully saturated rings. The summed E-state index contributed by atoms with van der Waals surface area (Å²) in [5.41, 5.74) is 3.24. The van der Waals surface area contributed by atoms with Crippen LogP contribution in [0.1, 0.15) is 78.6 Å². The van der Waals surface area contributed by atoms with Crippen molar-refractivity contribution in [1.29, 1.82) is 0 Å². The molecule has 0 aromatic carbocycles. The minimum Gasteiger partial charge on any atom is -0.393 e. The highest BCUT2D eigenvalue weighted by molar-refractivity contribution is 5.23. The smallest absolute Gasteiger partial charge is 0.101 e. The third-order valence-corrected chi connectivity index (χ3v) is 10.3. The molecule has 5 aliphatic rings. The summed E-state index contributed by atoms with van der Waals surface area (Å²) in [4.78, 5) is 10.4. The Bertz CT molecular complexity index is 647. The number of hydroxylamine groups is 1. The summed E-state index contributed by atoms with van der Waals surface area (Å²) in [5.74, 6) is 2.76. The maximum atomic E-state index is 11.3. The van der Waals surface area contributed by atoms with Crippen molar-refractivity contribution in [3.8, 4) is 0 Å². The Morgan fingerprint density at radius 3 is 2.77 bits per heavy atom. The molecule has 1 aliphatic heterocycles. The number of aliphatic hydroxyl groups excluding tert-OH is 2. The molecule has 1 spiro atoms. The molecule has 1 heterocycles. The molecule has 11 unspecified atom stereocenters. The third-order valence-electron chi connectivity index (χ3n) is 10.3. The van der Waals surface area contributed by atoms with E-state index >= 15 is 0 Å². The van der Waals surface area contributed by atoms with Gasteiger partial charge >= 0.3 is 0 Å². The van der Waals surface area contributed by atoms with Gasteiger partial charge in [0.2, 0.25) is 0 Å². The van der Waals surface area contributed by atoms with Gasteiger partial charge in [-0.15, -0.1) is 4.99 Å². The van der Waals surface area contributed by atoms with E-state index in [1.54, 1.807) is 0 Å². The Morgan fingerprint density at radius 1 is 1.13 bits per heavy atom. The minimum absolute atomic E-state index is 0.0241. The molecule has 0 aromatic rings. The zero-order chi connectivity index (χ0) is 21.8. The van der Waals surface area contributed by atoms with Crippen LogP contribution in [-0.4, -0.2) is 47.3 Å². The van der Waals surface area contributed by atoms with Crippen LogP contribution in [0.5, 0.6) is 0 Å². The van der Waals surface area contributed by atoms with Crippen molar-refractivity contribution < 1.29 is 24.8 Å². The summed E-state index contributed by atoms with van der Waals surface area (Å²) in [6, 6.07) is 0. The lowest BCUT2D eigenvalue weighted by Crippen LogP contribution is -2.59. The van der Waals surface area contributed by atoms with E-state index < -0.39 is 0 Å². The van der Waals surface area contributed by atoms with Crippen LogP contribution in [0, 0.1) is 40.9 Å². The number of hydrogen-bond acceptors (Lipinski definition) is 6. The van der Waals surface area contributed by atoms with Gasteiger partial charge in [0.1, 0.15) is 5.60 Å². The van der Waals surface area contributed by atoms with Crippen LogP contribution < -0.4 is 5.48 Å². The molecular weight excluding hydrogens is 394 g/mol. The van der Waals surface area contributed by atoms with Crippen molar-refractivity contribution in [1.82, 2.24) is 5.48 Å². The zero-order valence-electron chi connectivity index (χ0n) is 19.6. The summed E-state index contributed by atoms with van der Waals surface area (Å²) in [7, 11) is 0. The van der Waals surface area contributed by atoms with Gasteiger partial charge in [-0.3, -0.25) is 0 Å². The number of epoxide rings is 1. The van der Waals surface area contributed by atoms with E-state index in [0.29, 0.717) is 48.2 Å². The fourth-order valence-corrected chi connectivity index (χ4v) is 8.61. The van der Waals surface area contributed by atoms with E-state index in [4.69, 9.17) is 14.6 Å². The minimum atomic E-state index is -0.247. The second kappa shape index (κ2) is 8.52. The van der Waals surface area contributed by atoms with E-state index in [1.807, 2.05) is 0 Å². The molecule has 6 heteroatoms. The number of ether oxygens (including phenoxy) is 1. The lowest BCUT2D eigenvalue weighted by atomic mass is 9.46. The van der Waals surface area contributed by atoms with E-state index in [-0.39, 0.29) is 23.2 Å². The molecule has 3 N–H and O–H groups in total. The van der Waals surface area contributed by atoms with Crippen molar-refractivity contribution >= 4 is 0 Å². The highest BCUT2D eigenvalue weighted by Gasteiger charge is 2.76. The van der Waals surface area contributed by atoms with Gasteiger partial charge in [-0.05, 0) is 92.3 Å². The highest BCUT2D eigenvalue weighted by atomic mass is 17.3. The van der Waals surface area contributed by atoms with Crippen LogP contribution >= 0.6 is 0 Å². The third kappa shape index (κ3) is 3.60. The van der Waals surface area contributed by atoms with Crippen LogP contribution in [0.2, 0.25) is 0 Å². The maximum absolute atomic E-state index is 11.3. The summed E-state index contributed by atoms with van der Waals surface area (Å²) < 4.78 is 6.61. The van der Waals surface area contributed by atoms with Crippen molar-refractivity contribution in [3.05, 3.63) is 0 Å². The fourth-order valence-electron chi connectivity index (χ4n) is 8.61. The quantitative estimate of drug-likeness (QED) is 0.233. The number of unbranched alkanes of at least 4 members (excludes halogenated alkanes) is 1. The first kappa shape index (κ1) is 22.5. The Kier molecular flexibility index (Phi) is 6.19. The lowest BCUT2D eigenvalue weighted by Gasteiger charge is -2.59. The van der Waals surface area contributed by atoms with Crippen molar-refractivity contribution in [2.24, 2.45) is 40.9 Å². The molecule has 11 atom stereocenters. The summed E-state index contributed by atoms with van der Waals surface area (Å²) in [6.07, 6.45) is 9.19. The Labute approximate surface area is 187 Å². The molecule has 31 heavy (non-hydrogen) atoms.